The summed E-state index contributed by atoms with van der Waals surface area (Å²) in [5, 5.41) is 0. The number of aryl methyl sites for hydroxylation is 1. The third-order valence-electron chi connectivity index (χ3n) is 6.51. The molecule has 1 saturated carbocycles. The van der Waals surface area contributed by atoms with Crippen molar-refractivity contribution < 1.29 is 23.7 Å². The van der Waals surface area contributed by atoms with Gasteiger partial charge >= 0.3 is 5.97 Å². The maximum Gasteiger partial charge on any atom is 0.344 e. The van der Waals surface area contributed by atoms with E-state index in [0.29, 0.717) is 18.3 Å². The Morgan fingerprint density at radius 2 is 1.89 bits per heavy atom. The van der Waals surface area contributed by atoms with Crippen LogP contribution in [0.15, 0.2) is 46.2 Å². The number of morpholine rings is 1. The Labute approximate surface area is 225 Å². The van der Waals surface area contributed by atoms with Gasteiger partial charge in [-0.05, 0) is 74.6 Å². The average molecular weight is 524 g/mol. The molecule has 1 heterocycles. The van der Waals surface area contributed by atoms with Crippen molar-refractivity contribution in [3.05, 3.63) is 47.5 Å². The van der Waals surface area contributed by atoms with Gasteiger partial charge in [0.15, 0.2) is 6.61 Å². The Balaban J connectivity index is 1.45. The lowest BCUT2D eigenvalue weighted by atomic mass is 10.1. The van der Waals surface area contributed by atoms with Crippen LogP contribution < -0.4 is 9.47 Å². The quantitative estimate of drug-likeness (QED) is 0.308. The van der Waals surface area contributed by atoms with Crippen LogP contribution >= 0.6 is 11.8 Å². The summed E-state index contributed by atoms with van der Waals surface area (Å²) in [7, 11) is 0. The van der Waals surface area contributed by atoms with E-state index in [4.69, 9.17) is 18.9 Å². The van der Waals surface area contributed by atoms with Crippen LogP contribution in [0, 0.1) is 24.7 Å². The minimum absolute atomic E-state index is 0.0893. The van der Waals surface area contributed by atoms with Crippen molar-refractivity contribution in [2.75, 3.05) is 52.7 Å². The van der Waals surface area contributed by atoms with Crippen LogP contribution in [0.4, 0.5) is 0 Å². The number of ether oxygens (including phenoxy) is 4. The fraction of sp³-hybridized carbons (Fsp3) is 0.500. The zero-order chi connectivity index (χ0) is 25.9. The molecule has 0 aromatic heterocycles. The summed E-state index contributed by atoms with van der Waals surface area (Å²) in [5.74, 6) is 8.53. The van der Waals surface area contributed by atoms with Gasteiger partial charge in [0, 0.05) is 28.4 Å². The van der Waals surface area contributed by atoms with Gasteiger partial charge in [0.2, 0.25) is 0 Å². The fourth-order valence-electron chi connectivity index (χ4n) is 4.51. The first-order chi connectivity index (χ1) is 18.1. The van der Waals surface area contributed by atoms with Gasteiger partial charge in [-0.15, -0.1) is 0 Å². The molecule has 7 heteroatoms. The third kappa shape index (κ3) is 8.99. The Morgan fingerprint density at radius 1 is 1.08 bits per heavy atom. The standard InChI is InChI=1S/C30H37NO5S/c1-3-34-30(32)22-36-29-11-10-27(17-23(29)2)37-28-19-25(9-6-12-31-13-15-33-16-14-31)18-26(20-28)35-21-24-7-4-5-8-24/h10-11,17-20,24H,3-5,7-8,12-16,21-22H2,1-2H3. The van der Waals surface area contributed by atoms with E-state index < -0.39 is 0 Å². The van der Waals surface area contributed by atoms with Crippen LogP contribution in [-0.4, -0.2) is 63.5 Å². The lowest BCUT2D eigenvalue weighted by Crippen LogP contribution is -2.36. The summed E-state index contributed by atoms with van der Waals surface area (Å²) < 4.78 is 22.3. The molecule has 0 amide bonds. The largest absolute Gasteiger partial charge is 0.493 e. The van der Waals surface area contributed by atoms with Crippen molar-refractivity contribution in [3.63, 3.8) is 0 Å². The molecular weight excluding hydrogens is 486 g/mol. The van der Waals surface area contributed by atoms with Crippen LogP contribution in [0.5, 0.6) is 11.5 Å². The van der Waals surface area contributed by atoms with E-state index in [9.17, 15) is 4.79 Å². The van der Waals surface area contributed by atoms with Gasteiger partial charge in [-0.25, -0.2) is 4.79 Å². The number of carbonyl (C=O) groups is 1. The molecule has 2 aliphatic rings. The minimum atomic E-state index is -0.364. The molecule has 2 aromatic carbocycles. The zero-order valence-corrected chi connectivity index (χ0v) is 22.7. The molecule has 1 aliphatic carbocycles. The topological polar surface area (TPSA) is 57.2 Å². The number of nitrogens with zero attached hydrogens (tertiary/aromatic N) is 1. The van der Waals surface area contributed by atoms with Gasteiger partial charge in [-0.2, -0.15) is 0 Å². The summed E-state index contributed by atoms with van der Waals surface area (Å²) in [6, 6.07) is 12.3. The van der Waals surface area contributed by atoms with Gasteiger partial charge in [-0.3, -0.25) is 4.90 Å². The Bertz CT molecular complexity index is 1100. The molecule has 0 N–H and O–H groups in total. The molecule has 2 aromatic rings. The number of rotatable bonds is 10. The van der Waals surface area contributed by atoms with E-state index in [2.05, 4.69) is 41.0 Å². The molecule has 198 valence electrons. The predicted molar refractivity (Wildman–Crippen MR) is 145 cm³/mol. The highest BCUT2D eigenvalue weighted by Gasteiger charge is 2.16. The average Bonchev–Trinajstić information content (AvgIpc) is 3.42. The third-order valence-corrected chi connectivity index (χ3v) is 7.47. The number of benzene rings is 2. The number of carbonyl (C=O) groups excluding carboxylic acids is 1. The van der Waals surface area contributed by atoms with Crippen LogP contribution in [0.1, 0.15) is 43.7 Å². The molecular formula is C30H37NO5S. The molecule has 0 unspecified atom stereocenters. The second kappa shape index (κ2) is 14.3. The molecule has 0 bridgehead atoms. The lowest BCUT2D eigenvalue weighted by Gasteiger charge is -2.24. The van der Waals surface area contributed by atoms with Crippen LogP contribution in [0.3, 0.4) is 0 Å². The molecule has 1 aliphatic heterocycles. The van der Waals surface area contributed by atoms with Gasteiger partial charge < -0.3 is 18.9 Å². The van der Waals surface area contributed by atoms with Crippen molar-refractivity contribution >= 4 is 17.7 Å². The number of esters is 1. The van der Waals surface area contributed by atoms with Crippen LogP contribution in [0.25, 0.3) is 0 Å². The molecule has 2 fully saturated rings. The number of hydrogen-bond acceptors (Lipinski definition) is 7. The van der Waals surface area contributed by atoms with Crippen molar-refractivity contribution in [1.29, 1.82) is 0 Å². The summed E-state index contributed by atoms with van der Waals surface area (Å²) in [6.45, 7) is 8.94. The number of hydrogen-bond donors (Lipinski definition) is 0. The second-order valence-electron chi connectivity index (χ2n) is 9.47. The van der Waals surface area contributed by atoms with Crippen molar-refractivity contribution in [2.45, 2.75) is 49.3 Å². The second-order valence-corrected chi connectivity index (χ2v) is 10.6. The molecule has 4 rings (SSSR count). The summed E-state index contributed by atoms with van der Waals surface area (Å²) in [5.41, 5.74) is 1.93. The molecule has 0 atom stereocenters. The molecule has 1 saturated heterocycles. The van der Waals surface area contributed by atoms with Crippen LogP contribution in [0.2, 0.25) is 0 Å². The minimum Gasteiger partial charge on any atom is -0.493 e. The van der Waals surface area contributed by atoms with E-state index in [-0.39, 0.29) is 12.6 Å². The summed E-state index contributed by atoms with van der Waals surface area (Å²) >= 11 is 1.67. The highest BCUT2D eigenvalue weighted by molar-refractivity contribution is 7.99. The van der Waals surface area contributed by atoms with Gasteiger partial charge in [0.05, 0.1) is 33.0 Å². The van der Waals surface area contributed by atoms with Gasteiger partial charge in [0.25, 0.3) is 0 Å². The maximum atomic E-state index is 11.6. The van der Waals surface area contributed by atoms with E-state index >= 15 is 0 Å². The first-order valence-corrected chi connectivity index (χ1v) is 14.0. The highest BCUT2D eigenvalue weighted by Crippen LogP contribution is 2.34. The fourth-order valence-corrected chi connectivity index (χ4v) is 5.52. The van der Waals surface area contributed by atoms with E-state index in [1.807, 2.05) is 19.1 Å². The molecule has 37 heavy (non-hydrogen) atoms. The lowest BCUT2D eigenvalue weighted by molar-refractivity contribution is -0.145. The zero-order valence-electron chi connectivity index (χ0n) is 21.9. The maximum absolute atomic E-state index is 11.6. The summed E-state index contributed by atoms with van der Waals surface area (Å²) in [6.07, 6.45) is 5.12. The van der Waals surface area contributed by atoms with E-state index in [0.717, 1.165) is 66.1 Å². The molecule has 6 nitrogen and oxygen atoms in total. The normalized spacial score (nSPS) is 16.2. The van der Waals surface area contributed by atoms with Crippen molar-refractivity contribution in [3.8, 4) is 23.3 Å². The Hall–Kier alpha value is -2.66. The first-order valence-electron chi connectivity index (χ1n) is 13.2. The molecule has 0 spiro atoms. The van der Waals surface area contributed by atoms with Gasteiger partial charge in [-0.1, -0.05) is 36.4 Å². The van der Waals surface area contributed by atoms with Crippen molar-refractivity contribution in [1.82, 2.24) is 4.90 Å². The predicted octanol–water partition coefficient (Wildman–Crippen LogP) is 5.34. The Kier molecular flexibility index (Phi) is 10.6. The SMILES string of the molecule is CCOC(=O)COc1ccc(Sc2cc(C#CCN3CCOCC3)cc(OCC3CCCC3)c2)cc1C. The van der Waals surface area contributed by atoms with E-state index in [1.165, 1.54) is 25.7 Å². The Morgan fingerprint density at radius 3 is 2.65 bits per heavy atom. The molecule has 0 radical (unpaired) electrons. The highest BCUT2D eigenvalue weighted by atomic mass is 32.2. The summed E-state index contributed by atoms with van der Waals surface area (Å²) in [4.78, 5) is 16.1. The van der Waals surface area contributed by atoms with Crippen LogP contribution in [-0.2, 0) is 14.3 Å². The monoisotopic (exact) mass is 523 g/mol. The van der Waals surface area contributed by atoms with Gasteiger partial charge in [0.1, 0.15) is 11.5 Å². The smallest absolute Gasteiger partial charge is 0.344 e. The first kappa shape index (κ1) is 27.4. The van der Waals surface area contributed by atoms with E-state index in [1.54, 1.807) is 18.7 Å². The van der Waals surface area contributed by atoms with Crippen molar-refractivity contribution in [2.24, 2.45) is 5.92 Å².